The number of methoxy groups -OCH3 is 1. The number of carbonyl (C=O) groups excluding carboxylic acids is 1. The van der Waals surface area contributed by atoms with Crippen molar-refractivity contribution >= 4 is 52.5 Å². The summed E-state index contributed by atoms with van der Waals surface area (Å²) in [6.45, 7) is 0. The second-order valence-electron chi connectivity index (χ2n) is 4.34. The number of nitrogens with one attached hydrogen (secondary N) is 1. The number of benzene rings is 2. The fraction of sp³-hybridized carbons (Fsp3) is 0.0625. The van der Waals surface area contributed by atoms with Crippen molar-refractivity contribution in [3.8, 4) is 5.75 Å². The molecule has 2 aromatic rings. The Bertz CT molecular complexity index is 706. The van der Waals surface area contributed by atoms with E-state index < -0.39 is 0 Å². The minimum Gasteiger partial charge on any atom is -0.497 e. The lowest BCUT2D eigenvalue weighted by molar-refractivity contribution is -0.111. The van der Waals surface area contributed by atoms with E-state index in [1.165, 1.54) is 18.2 Å². The molecule has 0 fully saturated rings. The van der Waals surface area contributed by atoms with Crippen LogP contribution in [0.15, 0.2) is 42.5 Å². The van der Waals surface area contributed by atoms with Gasteiger partial charge in [-0.3, -0.25) is 4.79 Å². The predicted octanol–water partition coefficient (Wildman–Crippen LogP) is 5.31. The second-order valence-corrected chi connectivity index (χ2v) is 5.59. The van der Waals surface area contributed by atoms with Crippen molar-refractivity contribution in [3.05, 3.63) is 63.1 Å². The molecule has 0 radical (unpaired) electrons. The second kappa shape index (κ2) is 7.54. The van der Waals surface area contributed by atoms with Crippen LogP contribution in [0.3, 0.4) is 0 Å². The molecule has 1 N–H and O–H groups in total. The molecule has 0 saturated carbocycles. The van der Waals surface area contributed by atoms with Gasteiger partial charge in [-0.05, 0) is 35.9 Å². The highest BCUT2D eigenvalue weighted by atomic mass is 35.5. The summed E-state index contributed by atoms with van der Waals surface area (Å²) >= 11 is 17.8. The van der Waals surface area contributed by atoms with Gasteiger partial charge in [0.15, 0.2) is 0 Å². The van der Waals surface area contributed by atoms with Gasteiger partial charge in [-0.1, -0.05) is 46.9 Å². The van der Waals surface area contributed by atoms with Gasteiger partial charge in [-0.25, -0.2) is 0 Å². The molecule has 0 aromatic heterocycles. The molecule has 0 unspecified atom stereocenters. The Hall–Kier alpha value is -1.68. The Morgan fingerprint density at radius 2 is 1.82 bits per heavy atom. The Morgan fingerprint density at radius 1 is 1.14 bits per heavy atom. The number of amides is 1. The van der Waals surface area contributed by atoms with Crippen molar-refractivity contribution in [3.63, 3.8) is 0 Å². The van der Waals surface area contributed by atoms with E-state index in [1.54, 1.807) is 13.2 Å². The van der Waals surface area contributed by atoms with Gasteiger partial charge in [0, 0.05) is 11.1 Å². The number of carbonyl (C=O) groups is 1. The van der Waals surface area contributed by atoms with Crippen molar-refractivity contribution in [1.29, 1.82) is 0 Å². The monoisotopic (exact) mass is 355 g/mol. The molecule has 22 heavy (non-hydrogen) atoms. The third-order valence-electron chi connectivity index (χ3n) is 2.78. The van der Waals surface area contributed by atoms with Crippen LogP contribution in [0.2, 0.25) is 15.1 Å². The first-order valence-corrected chi connectivity index (χ1v) is 7.40. The Labute approximate surface area is 143 Å². The van der Waals surface area contributed by atoms with Gasteiger partial charge in [0.2, 0.25) is 5.91 Å². The largest absolute Gasteiger partial charge is 0.497 e. The van der Waals surface area contributed by atoms with Gasteiger partial charge >= 0.3 is 0 Å². The molecule has 0 bridgehead atoms. The summed E-state index contributed by atoms with van der Waals surface area (Å²) in [6, 6.07) is 10.3. The first-order chi connectivity index (χ1) is 10.5. The Morgan fingerprint density at radius 3 is 2.45 bits per heavy atom. The summed E-state index contributed by atoms with van der Waals surface area (Å²) in [4.78, 5) is 12.0. The maximum atomic E-state index is 12.0. The van der Waals surface area contributed by atoms with Crippen LogP contribution in [-0.4, -0.2) is 13.0 Å². The van der Waals surface area contributed by atoms with Crippen molar-refractivity contribution in [2.75, 3.05) is 12.4 Å². The topological polar surface area (TPSA) is 38.3 Å². The average Bonchev–Trinajstić information content (AvgIpc) is 2.49. The zero-order valence-electron chi connectivity index (χ0n) is 11.6. The van der Waals surface area contributed by atoms with Crippen LogP contribution in [0.25, 0.3) is 6.08 Å². The number of rotatable bonds is 4. The molecule has 0 heterocycles. The van der Waals surface area contributed by atoms with Gasteiger partial charge in [0.1, 0.15) is 5.75 Å². The number of anilines is 1. The van der Waals surface area contributed by atoms with E-state index in [0.717, 1.165) is 5.56 Å². The SMILES string of the molecule is COc1cccc(/C=C/C(=O)Nc2c(Cl)cc(Cl)cc2Cl)c1. The van der Waals surface area contributed by atoms with Crippen LogP contribution in [-0.2, 0) is 4.79 Å². The van der Waals surface area contributed by atoms with Crippen molar-refractivity contribution in [1.82, 2.24) is 0 Å². The molecule has 2 rings (SSSR count). The zero-order valence-corrected chi connectivity index (χ0v) is 13.8. The van der Waals surface area contributed by atoms with Gasteiger partial charge in [-0.2, -0.15) is 0 Å². The first kappa shape index (κ1) is 16.7. The lowest BCUT2D eigenvalue weighted by Gasteiger charge is -2.08. The van der Waals surface area contributed by atoms with Crippen LogP contribution in [0.1, 0.15) is 5.56 Å². The standard InChI is InChI=1S/C16H12Cl3NO2/c1-22-12-4-2-3-10(7-12)5-6-15(21)20-16-13(18)8-11(17)9-14(16)19/h2-9H,1H3,(H,20,21)/b6-5+. The Balaban J connectivity index is 2.11. The van der Waals surface area contributed by atoms with Crippen LogP contribution in [0.5, 0.6) is 5.75 Å². The summed E-state index contributed by atoms with van der Waals surface area (Å²) in [5.74, 6) is 0.361. The molecule has 0 aliphatic heterocycles. The minimum absolute atomic E-state index is 0.278. The maximum absolute atomic E-state index is 12.0. The summed E-state index contributed by atoms with van der Waals surface area (Å²) in [5.41, 5.74) is 1.16. The number of ether oxygens (including phenoxy) is 1. The molecule has 0 spiro atoms. The number of halogens is 3. The molecule has 1 amide bonds. The fourth-order valence-corrected chi connectivity index (χ4v) is 2.66. The van der Waals surface area contributed by atoms with Crippen LogP contribution in [0.4, 0.5) is 5.69 Å². The van der Waals surface area contributed by atoms with Crippen LogP contribution < -0.4 is 10.1 Å². The molecule has 114 valence electrons. The van der Waals surface area contributed by atoms with Gasteiger partial charge in [0.05, 0.1) is 22.8 Å². The normalized spacial score (nSPS) is 10.7. The molecular formula is C16H12Cl3NO2. The fourth-order valence-electron chi connectivity index (χ4n) is 1.74. The highest BCUT2D eigenvalue weighted by molar-refractivity contribution is 6.42. The maximum Gasteiger partial charge on any atom is 0.248 e. The summed E-state index contributed by atoms with van der Waals surface area (Å²) in [6.07, 6.45) is 3.05. The average molecular weight is 357 g/mol. The van der Waals surface area contributed by atoms with E-state index in [9.17, 15) is 4.79 Å². The molecule has 0 atom stereocenters. The van der Waals surface area contributed by atoms with E-state index >= 15 is 0 Å². The van der Waals surface area contributed by atoms with E-state index in [1.807, 2.05) is 24.3 Å². The molecular weight excluding hydrogens is 345 g/mol. The van der Waals surface area contributed by atoms with Gasteiger partial charge in [-0.15, -0.1) is 0 Å². The number of hydrogen-bond donors (Lipinski definition) is 1. The van der Waals surface area contributed by atoms with E-state index in [-0.39, 0.29) is 16.0 Å². The third-order valence-corrected chi connectivity index (χ3v) is 3.59. The highest BCUT2D eigenvalue weighted by Crippen LogP contribution is 2.33. The smallest absolute Gasteiger partial charge is 0.248 e. The number of hydrogen-bond acceptors (Lipinski definition) is 2. The van der Waals surface area contributed by atoms with Crippen LogP contribution >= 0.6 is 34.8 Å². The van der Waals surface area contributed by atoms with Gasteiger partial charge < -0.3 is 10.1 Å². The van der Waals surface area contributed by atoms with E-state index in [2.05, 4.69) is 5.32 Å². The minimum atomic E-state index is -0.353. The zero-order chi connectivity index (χ0) is 16.1. The van der Waals surface area contributed by atoms with Crippen molar-refractivity contribution < 1.29 is 9.53 Å². The van der Waals surface area contributed by atoms with Gasteiger partial charge in [0.25, 0.3) is 0 Å². The molecule has 6 heteroatoms. The van der Waals surface area contributed by atoms with Crippen molar-refractivity contribution in [2.45, 2.75) is 0 Å². The van der Waals surface area contributed by atoms with E-state index in [0.29, 0.717) is 16.5 Å². The van der Waals surface area contributed by atoms with Crippen LogP contribution in [0, 0.1) is 0 Å². The highest BCUT2D eigenvalue weighted by Gasteiger charge is 2.09. The first-order valence-electron chi connectivity index (χ1n) is 6.27. The summed E-state index contributed by atoms with van der Waals surface area (Å²) in [5, 5.41) is 3.58. The predicted molar refractivity (Wildman–Crippen MR) is 92.1 cm³/mol. The lowest BCUT2D eigenvalue weighted by atomic mass is 10.2. The third kappa shape index (κ3) is 4.41. The summed E-state index contributed by atoms with van der Waals surface area (Å²) < 4.78 is 5.12. The van der Waals surface area contributed by atoms with Crippen molar-refractivity contribution in [2.24, 2.45) is 0 Å². The summed E-state index contributed by atoms with van der Waals surface area (Å²) in [7, 11) is 1.58. The molecule has 0 aliphatic rings. The quantitative estimate of drug-likeness (QED) is 0.754. The molecule has 0 saturated heterocycles. The van der Waals surface area contributed by atoms with E-state index in [4.69, 9.17) is 39.5 Å². The lowest BCUT2D eigenvalue weighted by Crippen LogP contribution is -2.08. The molecule has 2 aromatic carbocycles. The molecule has 0 aliphatic carbocycles. The molecule has 3 nitrogen and oxygen atoms in total. The Kier molecular flexibility index (Phi) is 5.72.